The van der Waals surface area contributed by atoms with Crippen LogP contribution in [0.2, 0.25) is 0 Å². The summed E-state index contributed by atoms with van der Waals surface area (Å²) in [6.07, 6.45) is 4.14. The normalized spacial score (nSPS) is 11.4. The van der Waals surface area contributed by atoms with Gasteiger partial charge in [0.1, 0.15) is 11.3 Å². The molecule has 9 rings (SSSR count). The molecular formula is C38H24N6Pt. The zero-order valence-corrected chi connectivity index (χ0v) is 26.1. The predicted molar refractivity (Wildman–Crippen MR) is 179 cm³/mol. The second-order valence-corrected chi connectivity index (χ2v) is 10.9. The number of hydrogen-bond acceptors (Lipinski definition) is 2. The monoisotopic (exact) mass is 759 g/mol. The third kappa shape index (κ3) is 4.71. The zero-order valence-electron chi connectivity index (χ0n) is 23.9. The maximum Gasteiger partial charge on any atom is 2.00 e. The molecule has 216 valence electrons. The van der Waals surface area contributed by atoms with Gasteiger partial charge in [-0.3, -0.25) is 9.13 Å². The number of fused-ring (bicyclic) bond motifs is 14. The Hall–Kier alpha value is -5.45. The summed E-state index contributed by atoms with van der Waals surface area (Å²) in [5.74, 6) is 0. The molecular weight excluding hydrogens is 736 g/mol. The standard InChI is InChI=1S/C38H24N6.Pt/c1-3-11-27(12-4-1)43-23-25-19-33-30-16-8-10-18-32(30)36(42-33)22-38-40-26(24-44(38)28-13-5-2-6-14-28)20-34-29-15-7-9-17-31(29)35(41-34)21-37(43)39-25;/h1-24H;/q-2;+2. The van der Waals surface area contributed by atoms with E-state index in [9.17, 15) is 0 Å². The minimum absolute atomic E-state index is 0. The summed E-state index contributed by atoms with van der Waals surface area (Å²) in [6, 6.07) is 45.5. The van der Waals surface area contributed by atoms with E-state index in [1.54, 1.807) is 0 Å². The van der Waals surface area contributed by atoms with Crippen LogP contribution in [0.3, 0.4) is 0 Å². The summed E-state index contributed by atoms with van der Waals surface area (Å²) in [5, 5.41) is 4.28. The van der Waals surface area contributed by atoms with Gasteiger partial charge >= 0.3 is 21.1 Å². The average molecular weight is 760 g/mol. The summed E-state index contributed by atoms with van der Waals surface area (Å²) in [4.78, 5) is 20.5. The number of imidazole rings is 2. The molecule has 6 nitrogen and oxygen atoms in total. The largest absolute Gasteiger partial charge is 2.00 e. The molecule has 5 heterocycles. The van der Waals surface area contributed by atoms with Gasteiger partial charge in [0, 0.05) is 23.8 Å². The van der Waals surface area contributed by atoms with Crippen LogP contribution in [0.15, 0.2) is 146 Å². The van der Waals surface area contributed by atoms with Crippen LogP contribution in [0.1, 0.15) is 0 Å². The van der Waals surface area contributed by atoms with Gasteiger partial charge in [0.25, 0.3) is 0 Å². The summed E-state index contributed by atoms with van der Waals surface area (Å²) < 4.78 is 4.23. The van der Waals surface area contributed by atoms with Gasteiger partial charge in [0.15, 0.2) is 0 Å². The molecule has 7 heteroatoms. The van der Waals surface area contributed by atoms with Crippen LogP contribution in [0.5, 0.6) is 0 Å². The molecule has 0 atom stereocenters. The van der Waals surface area contributed by atoms with E-state index in [1.165, 1.54) is 0 Å². The molecule has 0 aliphatic rings. The zero-order chi connectivity index (χ0) is 29.0. The first kappa shape index (κ1) is 27.1. The van der Waals surface area contributed by atoms with Crippen LogP contribution in [0, 0.1) is 0 Å². The second-order valence-electron chi connectivity index (χ2n) is 10.9. The molecule has 0 saturated heterocycles. The van der Waals surface area contributed by atoms with Crippen LogP contribution in [-0.2, 0) is 21.1 Å². The molecule has 9 aromatic rings. The van der Waals surface area contributed by atoms with E-state index in [1.807, 2.05) is 36.4 Å². The van der Waals surface area contributed by atoms with Gasteiger partial charge in [0.05, 0.1) is 11.0 Å². The van der Waals surface area contributed by atoms with Crippen molar-refractivity contribution in [1.82, 2.24) is 29.1 Å². The number of nitrogens with zero attached hydrogens (tertiary/aromatic N) is 6. The Balaban J connectivity index is 0.00000300. The molecule has 0 unspecified atom stereocenters. The summed E-state index contributed by atoms with van der Waals surface area (Å²) in [5.41, 5.74) is 8.74. The number of aromatic nitrogens is 6. The van der Waals surface area contributed by atoms with Crippen molar-refractivity contribution in [2.45, 2.75) is 0 Å². The van der Waals surface area contributed by atoms with Gasteiger partial charge in [-0.15, -0.1) is 22.1 Å². The van der Waals surface area contributed by atoms with E-state index >= 15 is 0 Å². The smallest absolute Gasteiger partial charge is 0.657 e. The van der Waals surface area contributed by atoms with E-state index < -0.39 is 0 Å². The second kappa shape index (κ2) is 10.9. The molecule has 0 spiro atoms. The van der Waals surface area contributed by atoms with Gasteiger partial charge in [-0.25, -0.2) is 9.97 Å². The van der Waals surface area contributed by atoms with Crippen molar-refractivity contribution < 1.29 is 21.1 Å². The Morgan fingerprint density at radius 1 is 0.400 bits per heavy atom. The summed E-state index contributed by atoms with van der Waals surface area (Å²) >= 11 is 0. The first-order valence-corrected chi connectivity index (χ1v) is 14.6. The quantitative estimate of drug-likeness (QED) is 0.177. The molecule has 0 N–H and O–H groups in total. The maximum atomic E-state index is 5.13. The fraction of sp³-hybridized carbons (Fsp3) is 0. The summed E-state index contributed by atoms with van der Waals surface area (Å²) in [6.45, 7) is 0. The van der Waals surface area contributed by atoms with Crippen LogP contribution in [0.25, 0.3) is 77.3 Å². The van der Waals surface area contributed by atoms with Crippen molar-refractivity contribution in [3.8, 4) is 11.4 Å². The third-order valence-electron chi connectivity index (χ3n) is 8.11. The van der Waals surface area contributed by atoms with Crippen molar-refractivity contribution in [3.05, 3.63) is 146 Å². The van der Waals surface area contributed by atoms with E-state index in [4.69, 9.17) is 19.9 Å². The minimum atomic E-state index is 0. The first-order valence-electron chi connectivity index (χ1n) is 14.6. The van der Waals surface area contributed by atoms with Crippen molar-refractivity contribution in [2.24, 2.45) is 0 Å². The van der Waals surface area contributed by atoms with Crippen molar-refractivity contribution >= 4 is 65.9 Å². The molecule has 0 radical (unpaired) electrons. The number of para-hydroxylation sites is 2. The van der Waals surface area contributed by atoms with Crippen LogP contribution >= 0.6 is 0 Å². The molecule has 0 aliphatic carbocycles. The van der Waals surface area contributed by atoms with Crippen molar-refractivity contribution in [2.75, 3.05) is 0 Å². The molecule has 45 heavy (non-hydrogen) atoms. The van der Waals surface area contributed by atoms with E-state index in [2.05, 4.69) is 119 Å². The van der Waals surface area contributed by atoms with E-state index in [-0.39, 0.29) is 21.1 Å². The van der Waals surface area contributed by atoms with E-state index in [0.29, 0.717) is 0 Å². The Kier molecular flexibility index (Phi) is 6.58. The Labute approximate surface area is 272 Å². The fourth-order valence-corrected chi connectivity index (χ4v) is 6.09. The molecule has 0 amide bonds. The van der Waals surface area contributed by atoms with Crippen LogP contribution in [-0.4, -0.2) is 19.1 Å². The Morgan fingerprint density at radius 3 is 1.11 bits per heavy atom. The third-order valence-corrected chi connectivity index (χ3v) is 8.11. The Morgan fingerprint density at radius 2 is 0.733 bits per heavy atom. The Bertz CT molecular complexity index is 2420. The van der Waals surface area contributed by atoms with Crippen molar-refractivity contribution in [3.63, 3.8) is 0 Å². The van der Waals surface area contributed by atoms with E-state index in [0.717, 1.165) is 77.3 Å². The molecule has 8 bridgehead atoms. The number of rotatable bonds is 2. The van der Waals surface area contributed by atoms with Gasteiger partial charge in [-0.05, 0) is 70.1 Å². The fourth-order valence-electron chi connectivity index (χ4n) is 6.09. The predicted octanol–water partition coefficient (Wildman–Crippen LogP) is 8.58. The minimum Gasteiger partial charge on any atom is -0.657 e. The van der Waals surface area contributed by atoms with Crippen LogP contribution < -0.4 is 9.97 Å². The molecule has 0 aliphatic heterocycles. The van der Waals surface area contributed by atoms with Gasteiger partial charge in [-0.1, -0.05) is 84.9 Å². The topological polar surface area (TPSA) is 63.8 Å². The molecule has 5 aromatic heterocycles. The number of benzene rings is 4. The van der Waals surface area contributed by atoms with Gasteiger partial charge in [-0.2, -0.15) is 0 Å². The SMILES string of the molecule is [Pt+2].c1ccc(-n2cc3cc4[n-]c(cc5nc(cc6[n-]c(cc2n3)c2ccccc62)cn5-c2ccccc2)c2ccccc42)cc1. The van der Waals surface area contributed by atoms with Crippen molar-refractivity contribution in [1.29, 1.82) is 0 Å². The maximum absolute atomic E-state index is 5.13. The molecule has 4 aromatic carbocycles. The number of hydrogen-bond donors (Lipinski definition) is 0. The molecule has 0 saturated carbocycles. The average Bonchev–Trinajstić information content (AvgIpc) is 3.83. The first-order chi connectivity index (χ1) is 21.8. The van der Waals surface area contributed by atoms with Crippen LogP contribution in [0.4, 0.5) is 0 Å². The van der Waals surface area contributed by atoms with Gasteiger partial charge < -0.3 is 9.97 Å². The summed E-state index contributed by atoms with van der Waals surface area (Å²) in [7, 11) is 0. The van der Waals surface area contributed by atoms with Gasteiger partial charge in [0.2, 0.25) is 0 Å². The molecule has 0 fully saturated rings.